The molecule has 1 aliphatic rings. The van der Waals surface area contributed by atoms with E-state index in [-0.39, 0.29) is 5.82 Å². The van der Waals surface area contributed by atoms with E-state index in [1.807, 2.05) is 12.1 Å². The summed E-state index contributed by atoms with van der Waals surface area (Å²) >= 11 is 0. The number of benzene rings is 1. The molecular weight excluding hydrogens is 215 g/mol. The van der Waals surface area contributed by atoms with Crippen LogP contribution in [0.3, 0.4) is 0 Å². The van der Waals surface area contributed by atoms with Gasteiger partial charge in [-0.1, -0.05) is 18.2 Å². The van der Waals surface area contributed by atoms with Gasteiger partial charge in [-0.15, -0.1) is 0 Å². The van der Waals surface area contributed by atoms with E-state index in [4.69, 9.17) is 0 Å². The maximum atomic E-state index is 13.5. The van der Waals surface area contributed by atoms with E-state index >= 15 is 0 Å². The summed E-state index contributed by atoms with van der Waals surface area (Å²) in [6, 6.07) is 8.14. The van der Waals surface area contributed by atoms with Crippen LogP contribution in [-0.2, 0) is 6.42 Å². The van der Waals surface area contributed by atoms with Crippen molar-refractivity contribution in [3.63, 3.8) is 0 Å². The molecule has 0 radical (unpaired) electrons. The molecule has 0 aromatic heterocycles. The molecule has 1 aliphatic heterocycles. The average Bonchev–Trinajstić information content (AvgIpc) is 2.30. The average molecular weight is 236 g/mol. The summed E-state index contributed by atoms with van der Waals surface area (Å²) in [6.45, 7) is 7.45. The number of rotatable bonds is 3. The highest BCUT2D eigenvalue weighted by atomic mass is 19.1. The fourth-order valence-electron chi connectivity index (χ4n) is 2.56. The molecule has 1 N–H and O–H groups in total. The van der Waals surface area contributed by atoms with Crippen LogP contribution in [0.5, 0.6) is 0 Å². The van der Waals surface area contributed by atoms with Crippen molar-refractivity contribution >= 4 is 0 Å². The van der Waals surface area contributed by atoms with Crippen molar-refractivity contribution in [1.29, 1.82) is 0 Å². The number of hydrogen-bond donors (Lipinski definition) is 1. The monoisotopic (exact) mass is 236 g/mol. The molecule has 2 rings (SSSR count). The van der Waals surface area contributed by atoms with Gasteiger partial charge in [0.1, 0.15) is 5.82 Å². The van der Waals surface area contributed by atoms with Crippen molar-refractivity contribution in [2.45, 2.75) is 32.4 Å². The molecule has 0 bridgehead atoms. The summed E-state index contributed by atoms with van der Waals surface area (Å²) in [7, 11) is 0. The highest BCUT2D eigenvalue weighted by molar-refractivity contribution is 5.17. The first-order valence-corrected chi connectivity index (χ1v) is 6.38. The third-order valence-electron chi connectivity index (χ3n) is 3.61. The number of piperazine rings is 1. The number of nitrogens with one attached hydrogen (secondary N) is 1. The Balaban J connectivity index is 1.95. The topological polar surface area (TPSA) is 15.3 Å². The van der Waals surface area contributed by atoms with Crippen LogP contribution in [0.4, 0.5) is 4.39 Å². The Morgan fingerprint density at radius 2 is 1.88 bits per heavy atom. The second-order valence-corrected chi connectivity index (χ2v) is 4.94. The highest BCUT2D eigenvalue weighted by Crippen LogP contribution is 2.13. The molecule has 3 heteroatoms. The fourth-order valence-corrected chi connectivity index (χ4v) is 2.56. The summed E-state index contributed by atoms with van der Waals surface area (Å²) in [5.74, 6) is -0.0806. The van der Waals surface area contributed by atoms with Crippen molar-refractivity contribution in [3.8, 4) is 0 Å². The normalized spacial score (nSPS) is 26.1. The minimum atomic E-state index is -0.0806. The summed E-state index contributed by atoms with van der Waals surface area (Å²) in [6.07, 6.45) is 0.793. The third kappa shape index (κ3) is 3.05. The summed E-state index contributed by atoms with van der Waals surface area (Å²) in [5, 5.41) is 3.41. The van der Waals surface area contributed by atoms with Crippen molar-refractivity contribution in [2.24, 2.45) is 0 Å². The van der Waals surface area contributed by atoms with Crippen molar-refractivity contribution < 1.29 is 4.39 Å². The van der Waals surface area contributed by atoms with E-state index in [0.717, 1.165) is 31.6 Å². The molecule has 1 saturated heterocycles. The first-order valence-electron chi connectivity index (χ1n) is 6.38. The lowest BCUT2D eigenvalue weighted by atomic mass is 10.1. The molecule has 1 aromatic rings. The van der Waals surface area contributed by atoms with Gasteiger partial charge >= 0.3 is 0 Å². The van der Waals surface area contributed by atoms with Crippen LogP contribution in [0.2, 0.25) is 0 Å². The third-order valence-corrected chi connectivity index (χ3v) is 3.61. The van der Waals surface area contributed by atoms with Gasteiger partial charge in [0.15, 0.2) is 0 Å². The molecule has 2 unspecified atom stereocenters. The first kappa shape index (κ1) is 12.5. The lowest BCUT2D eigenvalue weighted by Gasteiger charge is -2.39. The standard InChI is InChI=1S/C14H21FN2/c1-11-9-16-10-12(2)17(11)8-7-13-5-3-4-6-14(13)15/h3-6,11-12,16H,7-10H2,1-2H3. The molecular formula is C14H21FN2. The van der Waals surface area contributed by atoms with E-state index in [2.05, 4.69) is 24.1 Å². The fraction of sp³-hybridized carbons (Fsp3) is 0.571. The van der Waals surface area contributed by atoms with Crippen molar-refractivity contribution in [3.05, 3.63) is 35.6 Å². The lowest BCUT2D eigenvalue weighted by molar-refractivity contribution is 0.118. The summed E-state index contributed by atoms with van der Waals surface area (Å²) < 4.78 is 13.5. The molecule has 1 fully saturated rings. The van der Waals surface area contributed by atoms with Gasteiger partial charge in [0.2, 0.25) is 0 Å². The first-order chi connectivity index (χ1) is 8.18. The molecule has 2 atom stereocenters. The van der Waals surface area contributed by atoms with Crippen LogP contribution < -0.4 is 5.32 Å². The second-order valence-electron chi connectivity index (χ2n) is 4.94. The second kappa shape index (κ2) is 5.61. The van der Waals surface area contributed by atoms with Gasteiger partial charge in [0.25, 0.3) is 0 Å². The van der Waals surface area contributed by atoms with E-state index in [1.165, 1.54) is 0 Å². The number of halogens is 1. The van der Waals surface area contributed by atoms with Gasteiger partial charge < -0.3 is 5.32 Å². The molecule has 94 valence electrons. The minimum absolute atomic E-state index is 0.0806. The molecule has 17 heavy (non-hydrogen) atoms. The number of nitrogens with zero attached hydrogens (tertiary/aromatic N) is 1. The molecule has 1 aromatic carbocycles. The van der Waals surface area contributed by atoms with Crippen LogP contribution in [-0.4, -0.2) is 36.6 Å². The van der Waals surface area contributed by atoms with Crippen molar-refractivity contribution in [2.75, 3.05) is 19.6 Å². The Morgan fingerprint density at radius 3 is 2.53 bits per heavy atom. The van der Waals surface area contributed by atoms with Gasteiger partial charge in [0, 0.05) is 31.7 Å². The summed E-state index contributed by atoms with van der Waals surface area (Å²) in [5.41, 5.74) is 0.824. The van der Waals surface area contributed by atoms with E-state index in [1.54, 1.807) is 12.1 Å². The van der Waals surface area contributed by atoms with Gasteiger partial charge in [-0.05, 0) is 31.9 Å². The van der Waals surface area contributed by atoms with E-state index in [0.29, 0.717) is 12.1 Å². The Labute approximate surface area is 103 Å². The van der Waals surface area contributed by atoms with Crippen LogP contribution >= 0.6 is 0 Å². The Hall–Kier alpha value is -0.930. The maximum Gasteiger partial charge on any atom is 0.126 e. The quantitative estimate of drug-likeness (QED) is 0.864. The Kier molecular flexibility index (Phi) is 4.13. The predicted molar refractivity (Wildman–Crippen MR) is 68.6 cm³/mol. The van der Waals surface area contributed by atoms with Crippen molar-refractivity contribution in [1.82, 2.24) is 10.2 Å². The van der Waals surface area contributed by atoms with Gasteiger partial charge in [-0.3, -0.25) is 4.90 Å². The van der Waals surface area contributed by atoms with Crippen LogP contribution in [0.25, 0.3) is 0 Å². The maximum absolute atomic E-state index is 13.5. The number of hydrogen-bond acceptors (Lipinski definition) is 2. The molecule has 0 saturated carbocycles. The SMILES string of the molecule is CC1CNCC(C)N1CCc1ccccc1F. The Morgan fingerprint density at radius 1 is 1.24 bits per heavy atom. The molecule has 0 amide bonds. The molecule has 0 spiro atoms. The van der Waals surface area contributed by atoms with Gasteiger partial charge in [0.05, 0.1) is 0 Å². The van der Waals surface area contributed by atoms with Crippen LogP contribution in [0, 0.1) is 5.82 Å². The predicted octanol–water partition coefficient (Wildman–Crippen LogP) is 2.05. The highest BCUT2D eigenvalue weighted by Gasteiger charge is 2.23. The zero-order valence-corrected chi connectivity index (χ0v) is 10.6. The van der Waals surface area contributed by atoms with Gasteiger partial charge in [-0.2, -0.15) is 0 Å². The molecule has 0 aliphatic carbocycles. The molecule has 1 heterocycles. The van der Waals surface area contributed by atoms with Crippen LogP contribution in [0.1, 0.15) is 19.4 Å². The van der Waals surface area contributed by atoms with E-state index < -0.39 is 0 Å². The zero-order chi connectivity index (χ0) is 12.3. The van der Waals surface area contributed by atoms with E-state index in [9.17, 15) is 4.39 Å². The largest absolute Gasteiger partial charge is 0.314 e. The minimum Gasteiger partial charge on any atom is -0.314 e. The smallest absolute Gasteiger partial charge is 0.126 e. The zero-order valence-electron chi connectivity index (χ0n) is 10.6. The Bertz CT molecular complexity index is 357. The lowest BCUT2D eigenvalue weighted by Crippen LogP contribution is -2.55. The summed E-state index contributed by atoms with van der Waals surface area (Å²) in [4.78, 5) is 2.46. The molecule has 2 nitrogen and oxygen atoms in total. The van der Waals surface area contributed by atoms with Gasteiger partial charge in [-0.25, -0.2) is 4.39 Å². The van der Waals surface area contributed by atoms with Crippen LogP contribution in [0.15, 0.2) is 24.3 Å².